The highest BCUT2D eigenvalue weighted by molar-refractivity contribution is 7.89. The number of nitrogens with one attached hydrogen (secondary N) is 1. The van der Waals surface area contributed by atoms with Crippen LogP contribution < -0.4 is 4.72 Å². The molecule has 0 aliphatic carbocycles. The molecule has 0 aromatic rings. The van der Waals surface area contributed by atoms with Gasteiger partial charge in [-0.2, -0.15) is 0 Å². The van der Waals surface area contributed by atoms with Gasteiger partial charge in [-0.15, -0.1) is 12.3 Å². The highest BCUT2D eigenvalue weighted by Crippen LogP contribution is 1.90. The standard InChI is InChI=1S/C7H13NO2S/c1-4-5-6-11(9,10)8-7(2)3/h1,7-8H,5-6H2,2-3H3. The van der Waals surface area contributed by atoms with Crippen LogP contribution in [0.15, 0.2) is 0 Å². The summed E-state index contributed by atoms with van der Waals surface area (Å²) in [6, 6.07) is -0.0576. The van der Waals surface area contributed by atoms with Gasteiger partial charge in [0.15, 0.2) is 0 Å². The van der Waals surface area contributed by atoms with Gasteiger partial charge in [0.25, 0.3) is 0 Å². The Kier molecular flexibility index (Phi) is 4.16. The molecule has 0 atom stereocenters. The van der Waals surface area contributed by atoms with E-state index in [0.29, 0.717) is 0 Å². The zero-order chi connectivity index (χ0) is 8.91. The fourth-order valence-corrected chi connectivity index (χ4v) is 1.83. The second-order valence-corrected chi connectivity index (χ2v) is 4.42. The van der Waals surface area contributed by atoms with Gasteiger partial charge in [-0.3, -0.25) is 0 Å². The zero-order valence-electron chi connectivity index (χ0n) is 6.79. The maximum absolute atomic E-state index is 11.0. The topological polar surface area (TPSA) is 46.2 Å². The van der Waals surface area contributed by atoms with Crippen LogP contribution in [0.4, 0.5) is 0 Å². The lowest BCUT2D eigenvalue weighted by Gasteiger charge is -2.06. The quantitative estimate of drug-likeness (QED) is 0.626. The molecule has 1 N–H and O–H groups in total. The summed E-state index contributed by atoms with van der Waals surface area (Å²) in [5, 5.41) is 0. The molecule has 0 saturated carbocycles. The summed E-state index contributed by atoms with van der Waals surface area (Å²) in [5.74, 6) is 2.29. The Labute approximate surface area is 68.2 Å². The molecule has 3 nitrogen and oxygen atoms in total. The lowest BCUT2D eigenvalue weighted by atomic mass is 10.4. The molecule has 0 unspecified atom stereocenters. The van der Waals surface area contributed by atoms with E-state index in [1.165, 1.54) is 0 Å². The number of sulfonamides is 1. The summed E-state index contributed by atoms with van der Waals surface area (Å²) < 4.78 is 24.4. The minimum atomic E-state index is -3.14. The molecular formula is C7H13NO2S. The van der Waals surface area contributed by atoms with Crippen molar-refractivity contribution in [1.29, 1.82) is 0 Å². The predicted octanol–water partition coefficient (Wildman–Crippen LogP) is 0.337. The van der Waals surface area contributed by atoms with Gasteiger partial charge in [0.05, 0.1) is 5.75 Å². The van der Waals surface area contributed by atoms with Crippen molar-refractivity contribution in [2.24, 2.45) is 0 Å². The van der Waals surface area contributed by atoms with Crippen LogP contribution in [0.5, 0.6) is 0 Å². The number of rotatable bonds is 4. The Morgan fingerprint density at radius 3 is 2.45 bits per heavy atom. The molecule has 0 amide bonds. The van der Waals surface area contributed by atoms with Crippen molar-refractivity contribution in [3.63, 3.8) is 0 Å². The molecule has 64 valence electrons. The second kappa shape index (κ2) is 4.37. The first-order valence-corrected chi connectivity index (χ1v) is 5.06. The third-order valence-corrected chi connectivity index (χ3v) is 2.50. The van der Waals surface area contributed by atoms with Crippen LogP contribution in [-0.4, -0.2) is 20.2 Å². The fourth-order valence-electron chi connectivity index (χ4n) is 0.611. The SMILES string of the molecule is C#CCCS(=O)(=O)NC(C)C. The van der Waals surface area contributed by atoms with Crippen molar-refractivity contribution >= 4 is 10.0 Å². The fraction of sp³-hybridized carbons (Fsp3) is 0.714. The molecule has 0 bridgehead atoms. The van der Waals surface area contributed by atoms with Gasteiger partial charge in [-0.1, -0.05) is 0 Å². The van der Waals surface area contributed by atoms with E-state index in [1.807, 2.05) is 0 Å². The third kappa shape index (κ3) is 5.89. The Bertz CT molecular complexity index is 236. The van der Waals surface area contributed by atoms with E-state index in [-0.39, 0.29) is 18.2 Å². The Morgan fingerprint density at radius 1 is 1.55 bits per heavy atom. The lowest BCUT2D eigenvalue weighted by molar-refractivity contribution is 0.570. The Balaban J connectivity index is 3.94. The normalized spacial score (nSPS) is 11.5. The van der Waals surface area contributed by atoms with Gasteiger partial charge in [0.2, 0.25) is 10.0 Å². The largest absolute Gasteiger partial charge is 0.213 e. The molecule has 4 heteroatoms. The molecule has 0 spiro atoms. The van der Waals surface area contributed by atoms with Gasteiger partial charge in [0.1, 0.15) is 0 Å². The molecule has 11 heavy (non-hydrogen) atoms. The van der Waals surface area contributed by atoms with Crippen molar-refractivity contribution in [2.45, 2.75) is 26.3 Å². The predicted molar refractivity (Wildman–Crippen MR) is 45.5 cm³/mol. The number of hydrogen-bond donors (Lipinski definition) is 1. The molecule has 0 fully saturated rings. The average Bonchev–Trinajstić information content (AvgIpc) is 1.81. The van der Waals surface area contributed by atoms with Crippen molar-refractivity contribution < 1.29 is 8.42 Å². The Hall–Kier alpha value is -0.530. The van der Waals surface area contributed by atoms with E-state index in [2.05, 4.69) is 10.6 Å². The second-order valence-electron chi connectivity index (χ2n) is 2.55. The molecule has 0 aliphatic rings. The van der Waals surface area contributed by atoms with Gasteiger partial charge in [-0.25, -0.2) is 13.1 Å². The van der Waals surface area contributed by atoms with Gasteiger partial charge in [0, 0.05) is 12.5 Å². The van der Waals surface area contributed by atoms with Crippen LogP contribution in [0.1, 0.15) is 20.3 Å². The first-order valence-electron chi connectivity index (χ1n) is 3.41. The van der Waals surface area contributed by atoms with E-state index in [0.717, 1.165) is 0 Å². The van der Waals surface area contributed by atoms with Crippen LogP contribution >= 0.6 is 0 Å². The first-order chi connectivity index (χ1) is 4.98. The highest BCUT2D eigenvalue weighted by Gasteiger charge is 2.09. The number of terminal acetylenes is 1. The smallest absolute Gasteiger partial charge is 0.212 e. The minimum absolute atomic E-state index is 0.0156. The van der Waals surface area contributed by atoms with Crippen molar-refractivity contribution in [2.75, 3.05) is 5.75 Å². The lowest BCUT2D eigenvalue weighted by Crippen LogP contribution is -2.32. The summed E-state index contributed by atoms with van der Waals surface area (Å²) in [7, 11) is -3.14. The highest BCUT2D eigenvalue weighted by atomic mass is 32.2. The van der Waals surface area contributed by atoms with Crippen LogP contribution in [0.25, 0.3) is 0 Å². The van der Waals surface area contributed by atoms with E-state index in [1.54, 1.807) is 13.8 Å². The van der Waals surface area contributed by atoms with E-state index >= 15 is 0 Å². The molecule has 0 radical (unpaired) electrons. The van der Waals surface area contributed by atoms with Crippen LogP contribution in [0.3, 0.4) is 0 Å². The van der Waals surface area contributed by atoms with Gasteiger partial charge in [-0.05, 0) is 13.8 Å². The summed E-state index contributed by atoms with van der Waals surface area (Å²) >= 11 is 0. The van der Waals surface area contributed by atoms with E-state index in [4.69, 9.17) is 6.42 Å². The summed E-state index contributed by atoms with van der Waals surface area (Å²) in [6.07, 6.45) is 5.19. The average molecular weight is 175 g/mol. The number of hydrogen-bond acceptors (Lipinski definition) is 2. The summed E-state index contributed by atoms with van der Waals surface area (Å²) in [5.41, 5.74) is 0. The van der Waals surface area contributed by atoms with Gasteiger partial charge < -0.3 is 0 Å². The zero-order valence-corrected chi connectivity index (χ0v) is 7.61. The molecule has 0 rings (SSSR count). The molecular weight excluding hydrogens is 162 g/mol. The van der Waals surface area contributed by atoms with E-state index < -0.39 is 10.0 Å². The molecule has 0 aromatic heterocycles. The van der Waals surface area contributed by atoms with Crippen molar-refractivity contribution in [3.05, 3.63) is 0 Å². The molecule has 0 aliphatic heterocycles. The monoisotopic (exact) mass is 175 g/mol. The maximum Gasteiger partial charge on any atom is 0.212 e. The maximum atomic E-state index is 11.0. The van der Waals surface area contributed by atoms with Crippen molar-refractivity contribution in [1.82, 2.24) is 4.72 Å². The third-order valence-electron chi connectivity index (χ3n) is 0.930. The summed E-state index contributed by atoms with van der Waals surface area (Å²) in [6.45, 7) is 3.54. The molecule has 0 saturated heterocycles. The van der Waals surface area contributed by atoms with Crippen LogP contribution in [0.2, 0.25) is 0 Å². The van der Waals surface area contributed by atoms with Crippen molar-refractivity contribution in [3.8, 4) is 12.3 Å². The molecule has 0 heterocycles. The molecule has 0 aromatic carbocycles. The van der Waals surface area contributed by atoms with Crippen LogP contribution in [-0.2, 0) is 10.0 Å². The first kappa shape index (κ1) is 10.5. The minimum Gasteiger partial charge on any atom is -0.213 e. The summed E-state index contributed by atoms with van der Waals surface area (Å²) in [4.78, 5) is 0. The Morgan fingerprint density at radius 2 is 2.09 bits per heavy atom. The van der Waals surface area contributed by atoms with Crippen LogP contribution in [0, 0.1) is 12.3 Å². The van der Waals surface area contributed by atoms with Gasteiger partial charge >= 0.3 is 0 Å². The van der Waals surface area contributed by atoms with E-state index in [9.17, 15) is 8.42 Å².